The highest BCUT2D eigenvalue weighted by atomic mass is 16.5. The zero-order chi connectivity index (χ0) is 17.0. The summed E-state index contributed by atoms with van der Waals surface area (Å²) >= 11 is 0. The molecular formula is C17H22N2O4. The van der Waals surface area contributed by atoms with Gasteiger partial charge in [-0.25, -0.2) is 4.79 Å². The van der Waals surface area contributed by atoms with Crippen molar-refractivity contribution in [2.45, 2.75) is 32.9 Å². The number of carbonyl (C=O) groups excluding carboxylic acids is 1. The van der Waals surface area contributed by atoms with Crippen molar-refractivity contribution in [3.8, 4) is 5.75 Å². The summed E-state index contributed by atoms with van der Waals surface area (Å²) in [5, 5.41) is 12.7. The van der Waals surface area contributed by atoms with Crippen LogP contribution < -0.4 is 10.1 Å². The van der Waals surface area contributed by atoms with Crippen molar-refractivity contribution in [3.05, 3.63) is 30.5 Å². The van der Waals surface area contributed by atoms with E-state index in [1.54, 1.807) is 21.0 Å². The second-order valence-corrected chi connectivity index (χ2v) is 5.78. The van der Waals surface area contributed by atoms with E-state index in [2.05, 4.69) is 5.32 Å². The summed E-state index contributed by atoms with van der Waals surface area (Å²) in [6.07, 6.45) is 2.12. The van der Waals surface area contributed by atoms with E-state index in [-0.39, 0.29) is 18.2 Å². The molecule has 2 rings (SSSR count). The predicted molar refractivity (Wildman–Crippen MR) is 87.5 cm³/mol. The highest BCUT2D eigenvalue weighted by Crippen LogP contribution is 2.26. The van der Waals surface area contributed by atoms with Crippen LogP contribution in [0.25, 0.3) is 10.9 Å². The van der Waals surface area contributed by atoms with Gasteiger partial charge in [0.05, 0.1) is 12.6 Å². The maximum atomic E-state index is 12.0. The number of hydrogen-bond acceptors (Lipinski definition) is 3. The van der Waals surface area contributed by atoms with Gasteiger partial charge in [-0.3, -0.25) is 4.79 Å². The molecule has 1 aromatic carbocycles. The second-order valence-electron chi connectivity index (χ2n) is 5.78. The van der Waals surface area contributed by atoms with E-state index in [1.165, 1.54) is 0 Å². The molecule has 124 valence electrons. The van der Waals surface area contributed by atoms with Crippen molar-refractivity contribution >= 4 is 22.8 Å². The van der Waals surface area contributed by atoms with Crippen molar-refractivity contribution in [2.24, 2.45) is 5.92 Å². The summed E-state index contributed by atoms with van der Waals surface area (Å²) in [7, 11) is 1.62. The predicted octanol–water partition coefficient (Wildman–Crippen LogP) is 2.27. The number of rotatable bonds is 7. The fourth-order valence-electron chi connectivity index (χ4n) is 2.55. The Morgan fingerprint density at radius 2 is 2.04 bits per heavy atom. The maximum Gasteiger partial charge on any atom is 0.326 e. The van der Waals surface area contributed by atoms with Crippen LogP contribution in [0.3, 0.4) is 0 Å². The minimum atomic E-state index is -1.01. The lowest BCUT2D eigenvalue weighted by Crippen LogP contribution is -2.44. The lowest BCUT2D eigenvalue weighted by molar-refractivity contribution is -0.143. The Labute approximate surface area is 135 Å². The van der Waals surface area contributed by atoms with Gasteiger partial charge in [0.25, 0.3) is 0 Å². The number of carboxylic acids is 1. The number of fused-ring (bicyclic) bond motifs is 1. The number of ether oxygens (including phenoxy) is 1. The van der Waals surface area contributed by atoms with Gasteiger partial charge in [-0.1, -0.05) is 19.9 Å². The van der Waals surface area contributed by atoms with Crippen molar-refractivity contribution < 1.29 is 19.4 Å². The molecule has 2 aromatic rings. The Kier molecular flexibility index (Phi) is 5.26. The number of aromatic nitrogens is 1. The molecule has 1 amide bonds. The van der Waals surface area contributed by atoms with Crippen LogP contribution in [0.15, 0.2) is 30.5 Å². The topological polar surface area (TPSA) is 80.6 Å². The van der Waals surface area contributed by atoms with Gasteiger partial charge in [0.15, 0.2) is 0 Å². The van der Waals surface area contributed by atoms with Crippen LogP contribution in [0.5, 0.6) is 5.75 Å². The summed E-state index contributed by atoms with van der Waals surface area (Å²) in [6.45, 7) is 4.02. The molecule has 0 spiro atoms. The van der Waals surface area contributed by atoms with Crippen LogP contribution in [0.2, 0.25) is 0 Å². The number of aryl methyl sites for hydroxylation is 1. The number of carboxylic acid groups (broad SMARTS) is 1. The number of amides is 1. The average molecular weight is 318 g/mol. The van der Waals surface area contributed by atoms with E-state index >= 15 is 0 Å². The third kappa shape index (κ3) is 3.83. The van der Waals surface area contributed by atoms with Crippen LogP contribution in [0.1, 0.15) is 20.3 Å². The van der Waals surface area contributed by atoms with E-state index in [1.807, 2.05) is 35.0 Å². The number of aliphatic carboxylic acids is 1. The van der Waals surface area contributed by atoms with Crippen LogP contribution in [0, 0.1) is 5.92 Å². The average Bonchev–Trinajstić information content (AvgIpc) is 2.93. The molecule has 6 nitrogen and oxygen atoms in total. The number of nitrogens with one attached hydrogen (secondary N) is 1. The van der Waals surface area contributed by atoms with Gasteiger partial charge in [0.2, 0.25) is 5.91 Å². The normalized spacial score (nSPS) is 12.3. The Balaban J connectivity index is 2.04. The van der Waals surface area contributed by atoms with Gasteiger partial charge in [0.1, 0.15) is 11.8 Å². The molecule has 0 saturated heterocycles. The molecule has 0 fully saturated rings. The van der Waals surface area contributed by atoms with Gasteiger partial charge < -0.3 is 19.7 Å². The van der Waals surface area contributed by atoms with Crippen LogP contribution in [-0.2, 0) is 16.1 Å². The van der Waals surface area contributed by atoms with Crippen LogP contribution in [0.4, 0.5) is 0 Å². The Hall–Kier alpha value is -2.50. The van der Waals surface area contributed by atoms with E-state index in [0.29, 0.717) is 6.54 Å². The van der Waals surface area contributed by atoms with Crippen molar-refractivity contribution in [2.75, 3.05) is 7.11 Å². The number of methoxy groups -OCH3 is 1. The lowest BCUT2D eigenvalue weighted by atomic mass is 10.0. The molecule has 2 N–H and O–H groups in total. The number of carbonyl (C=O) groups is 2. The summed E-state index contributed by atoms with van der Waals surface area (Å²) in [4.78, 5) is 23.1. The monoisotopic (exact) mass is 318 g/mol. The van der Waals surface area contributed by atoms with E-state index < -0.39 is 12.0 Å². The molecule has 0 bridgehead atoms. The molecule has 0 radical (unpaired) electrons. The molecule has 23 heavy (non-hydrogen) atoms. The Morgan fingerprint density at radius 3 is 2.65 bits per heavy atom. The Bertz CT molecular complexity index is 706. The molecule has 0 aliphatic carbocycles. The summed E-state index contributed by atoms with van der Waals surface area (Å²) in [5.74, 6) is -0.648. The van der Waals surface area contributed by atoms with E-state index in [0.717, 1.165) is 16.7 Å². The summed E-state index contributed by atoms with van der Waals surface area (Å²) in [6, 6.07) is 6.84. The molecule has 0 saturated carbocycles. The highest BCUT2D eigenvalue weighted by Gasteiger charge is 2.23. The van der Waals surface area contributed by atoms with Gasteiger partial charge in [-0.2, -0.15) is 0 Å². The van der Waals surface area contributed by atoms with Gasteiger partial charge in [-0.05, 0) is 24.1 Å². The van der Waals surface area contributed by atoms with E-state index in [9.17, 15) is 9.59 Å². The first-order chi connectivity index (χ1) is 10.9. The third-order valence-corrected chi connectivity index (χ3v) is 3.82. The zero-order valence-electron chi connectivity index (χ0n) is 13.6. The first-order valence-corrected chi connectivity index (χ1v) is 7.58. The number of benzene rings is 1. The molecule has 6 heteroatoms. The molecule has 1 atom stereocenters. The van der Waals surface area contributed by atoms with Crippen LogP contribution in [-0.4, -0.2) is 34.7 Å². The summed E-state index contributed by atoms with van der Waals surface area (Å²) < 4.78 is 7.27. The molecule has 0 aliphatic rings. The van der Waals surface area contributed by atoms with Crippen LogP contribution >= 0.6 is 0 Å². The Morgan fingerprint density at radius 1 is 1.30 bits per heavy atom. The fraction of sp³-hybridized carbons (Fsp3) is 0.412. The molecule has 0 aliphatic heterocycles. The second kappa shape index (κ2) is 7.17. The first kappa shape index (κ1) is 16.9. The quantitative estimate of drug-likeness (QED) is 0.820. The number of nitrogens with zero attached hydrogens (tertiary/aromatic N) is 1. The van der Waals surface area contributed by atoms with E-state index in [4.69, 9.17) is 9.84 Å². The van der Waals surface area contributed by atoms with Crippen molar-refractivity contribution in [1.29, 1.82) is 0 Å². The van der Waals surface area contributed by atoms with Crippen molar-refractivity contribution in [1.82, 2.24) is 9.88 Å². The molecule has 1 aromatic heterocycles. The first-order valence-electron chi connectivity index (χ1n) is 7.58. The lowest BCUT2D eigenvalue weighted by Gasteiger charge is -2.18. The van der Waals surface area contributed by atoms with Crippen molar-refractivity contribution in [3.63, 3.8) is 0 Å². The SMILES string of the molecule is COc1cccc2c1ccn2CCC(=O)NC(C(=O)O)C(C)C. The smallest absolute Gasteiger partial charge is 0.326 e. The number of hydrogen-bond donors (Lipinski definition) is 2. The fourth-order valence-corrected chi connectivity index (χ4v) is 2.55. The van der Waals surface area contributed by atoms with Gasteiger partial charge in [-0.15, -0.1) is 0 Å². The standard InChI is InChI=1S/C17H22N2O4/c1-11(2)16(17(21)22)18-15(20)8-10-19-9-7-12-13(19)5-4-6-14(12)23-3/h4-7,9,11,16H,8,10H2,1-3H3,(H,18,20)(H,21,22). The largest absolute Gasteiger partial charge is 0.496 e. The minimum absolute atomic E-state index is 0.159. The molecule has 1 unspecified atom stereocenters. The highest BCUT2D eigenvalue weighted by molar-refractivity contribution is 5.87. The minimum Gasteiger partial charge on any atom is -0.496 e. The molecule has 1 heterocycles. The zero-order valence-corrected chi connectivity index (χ0v) is 13.6. The third-order valence-electron chi connectivity index (χ3n) is 3.82. The summed E-state index contributed by atoms with van der Waals surface area (Å²) in [5.41, 5.74) is 0.982. The van der Waals surface area contributed by atoms with Gasteiger partial charge >= 0.3 is 5.97 Å². The maximum absolute atomic E-state index is 12.0. The molecular weight excluding hydrogens is 296 g/mol. The van der Waals surface area contributed by atoms with Gasteiger partial charge in [0, 0.05) is 24.5 Å².